The number of hydrogen-bond acceptors (Lipinski definition) is 3. The Morgan fingerprint density at radius 1 is 1.07 bits per heavy atom. The molecule has 2 N–H and O–H groups in total. The second kappa shape index (κ2) is 7.82. The van der Waals surface area contributed by atoms with Gasteiger partial charge in [0.25, 0.3) is 11.5 Å². The van der Waals surface area contributed by atoms with Crippen molar-refractivity contribution in [3.8, 4) is 0 Å². The van der Waals surface area contributed by atoms with Gasteiger partial charge in [0.05, 0.1) is 6.54 Å². The van der Waals surface area contributed by atoms with E-state index in [1.54, 1.807) is 18.2 Å². The standard InChI is InChI=1S/C20H18FN3O3/c1-2-13-7-4-6-10-17(13)23-18(25)15-11-22-20(27)24(19(15)26)12-14-8-3-5-9-16(14)21/h3-11H,2,12H2,1H3,(H,22,27)(H,23,25). The number of carbonyl (C=O) groups is 1. The van der Waals surface area contributed by atoms with Crippen LogP contribution in [0.2, 0.25) is 0 Å². The predicted octanol–water partition coefficient (Wildman–Crippen LogP) is 2.54. The number of aromatic nitrogens is 2. The number of anilines is 1. The molecule has 1 heterocycles. The first-order chi connectivity index (χ1) is 13.0. The summed E-state index contributed by atoms with van der Waals surface area (Å²) in [4.78, 5) is 39.6. The molecular formula is C20H18FN3O3. The summed E-state index contributed by atoms with van der Waals surface area (Å²) in [6.45, 7) is 1.68. The molecule has 7 heteroatoms. The van der Waals surface area contributed by atoms with Crippen molar-refractivity contribution in [3.63, 3.8) is 0 Å². The van der Waals surface area contributed by atoms with Crippen LogP contribution in [0.4, 0.5) is 10.1 Å². The van der Waals surface area contributed by atoms with Crippen molar-refractivity contribution in [2.24, 2.45) is 0 Å². The average Bonchev–Trinajstić information content (AvgIpc) is 2.67. The minimum atomic E-state index is -0.784. The molecule has 0 atom stereocenters. The van der Waals surface area contributed by atoms with E-state index in [1.807, 2.05) is 19.1 Å². The molecule has 27 heavy (non-hydrogen) atoms. The first-order valence-electron chi connectivity index (χ1n) is 8.46. The third-order valence-corrected chi connectivity index (χ3v) is 4.24. The molecule has 0 aliphatic carbocycles. The Balaban J connectivity index is 1.95. The number of nitrogens with one attached hydrogen (secondary N) is 2. The van der Waals surface area contributed by atoms with Crippen LogP contribution >= 0.6 is 0 Å². The molecule has 1 amide bonds. The number of rotatable bonds is 5. The van der Waals surface area contributed by atoms with Crippen molar-refractivity contribution in [3.05, 3.63) is 98.1 Å². The van der Waals surface area contributed by atoms with Crippen molar-refractivity contribution in [2.75, 3.05) is 5.32 Å². The highest BCUT2D eigenvalue weighted by atomic mass is 19.1. The van der Waals surface area contributed by atoms with Crippen LogP contribution in [0.3, 0.4) is 0 Å². The molecule has 0 unspecified atom stereocenters. The summed E-state index contributed by atoms with van der Waals surface area (Å²) in [6.07, 6.45) is 1.78. The molecule has 0 saturated carbocycles. The largest absolute Gasteiger partial charge is 0.328 e. The molecule has 6 nitrogen and oxygen atoms in total. The first-order valence-corrected chi connectivity index (χ1v) is 8.46. The minimum Gasteiger partial charge on any atom is -0.322 e. The Morgan fingerprint density at radius 2 is 1.74 bits per heavy atom. The number of H-pyrrole nitrogens is 1. The van der Waals surface area contributed by atoms with E-state index in [0.717, 1.165) is 16.3 Å². The van der Waals surface area contributed by atoms with E-state index in [-0.39, 0.29) is 17.7 Å². The molecule has 2 aromatic carbocycles. The summed E-state index contributed by atoms with van der Waals surface area (Å²) in [5.74, 6) is -1.17. The van der Waals surface area contributed by atoms with Crippen LogP contribution < -0.4 is 16.6 Å². The van der Waals surface area contributed by atoms with Crippen LogP contribution in [-0.2, 0) is 13.0 Å². The molecule has 3 rings (SSSR count). The van der Waals surface area contributed by atoms with Gasteiger partial charge in [0.2, 0.25) is 0 Å². The van der Waals surface area contributed by atoms with Crippen LogP contribution in [0, 0.1) is 5.82 Å². The fourth-order valence-corrected chi connectivity index (χ4v) is 2.75. The lowest BCUT2D eigenvalue weighted by Crippen LogP contribution is -2.39. The Bertz CT molecular complexity index is 1100. The molecule has 138 valence electrons. The van der Waals surface area contributed by atoms with Crippen LogP contribution in [0.25, 0.3) is 0 Å². The molecule has 0 spiro atoms. The molecule has 0 saturated heterocycles. The van der Waals surface area contributed by atoms with Crippen LogP contribution in [0.5, 0.6) is 0 Å². The normalized spacial score (nSPS) is 10.6. The second-order valence-electron chi connectivity index (χ2n) is 5.96. The summed E-state index contributed by atoms with van der Waals surface area (Å²) in [5, 5.41) is 2.69. The van der Waals surface area contributed by atoms with E-state index in [9.17, 15) is 18.8 Å². The Labute approximate surface area is 154 Å². The van der Waals surface area contributed by atoms with Gasteiger partial charge in [0, 0.05) is 17.4 Å². The number of aromatic amines is 1. The van der Waals surface area contributed by atoms with Gasteiger partial charge in [-0.05, 0) is 24.1 Å². The van der Waals surface area contributed by atoms with E-state index < -0.39 is 23.0 Å². The number of para-hydroxylation sites is 1. The highest BCUT2D eigenvalue weighted by molar-refractivity contribution is 6.04. The van der Waals surface area contributed by atoms with Crippen LogP contribution in [0.1, 0.15) is 28.4 Å². The lowest BCUT2D eigenvalue weighted by Gasteiger charge is -2.11. The fraction of sp³-hybridized carbons (Fsp3) is 0.150. The van der Waals surface area contributed by atoms with Crippen LogP contribution in [0.15, 0.2) is 64.3 Å². The summed E-state index contributed by atoms with van der Waals surface area (Å²) in [6, 6.07) is 13.1. The SMILES string of the molecule is CCc1ccccc1NC(=O)c1c[nH]c(=O)n(Cc2ccccc2F)c1=O. The molecule has 1 aromatic heterocycles. The zero-order valence-corrected chi connectivity index (χ0v) is 14.7. The lowest BCUT2D eigenvalue weighted by molar-refractivity contribution is 0.102. The number of amides is 1. The molecule has 3 aromatic rings. The Hall–Kier alpha value is -3.48. The summed E-state index contributed by atoms with van der Waals surface area (Å²) in [5.41, 5.74) is -0.0312. The van der Waals surface area contributed by atoms with Gasteiger partial charge in [-0.15, -0.1) is 0 Å². The van der Waals surface area contributed by atoms with Crippen molar-refractivity contribution in [1.82, 2.24) is 9.55 Å². The monoisotopic (exact) mass is 367 g/mol. The quantitative estimate of drug-likeness (QED) is 0.727. The van der Waals surface area contributed by atoms with Gasteiger partial charge in [0.15, 0.2) is 0 Å². The molecule has 0 bridgehead atoms. The van der Waals surface area contributed by atoms with Gasteiger partial charge in [-0.2, -0.15) is 0 Å². The molecule has 0 fully saturated rings. The van der Waals surface area contributed by atoms with Crippen molar-refractivity contribution in [2.45, 2.75) is 19.9 Å². The topological polar surface area (TPSA) is 84.0 Å². The first kappa shape index (κ1) is 18.3. The zero-order valence-electron chi connectivity index (χ0n) is 14.7. The molecule has 0 aliphatic heterocycles. The average molecular weight is 367 g/mol. The number of halogens is 1. The van der Waals surface area contributed by atoms with Crippen molar-refractivity contribution in [1.29, 1.82) is 0 Å². The summed E-state index contributed by atoms with van der Waals surface area (Å²) < 4.78 is 14.7. The van der Waals surface area contributed by atoms with Gasteiger partial charge in [0.1, 0.15) is 11.4 Å². The summed E-state index contributed by atoms with van der Waals surface area (Å²) in [7, 11) is 0. The third kappa shape index (κ3) is 3.87. The molecule has 0 radical (unpaired) electrons. The maximum absolute atomic E-state index is 13.9. The number of carbonyl (C=O) groups excluding carboxylic acids is 1. The molecular weight excluding hydrogens is 349 g/mol. The molecule has 0 aliphatic rings. The smallest absolute Gasteiger partial charge is 0.322 e. The van der Waals surface area contributed by atoms with E-state index in [2.05, 4.69) is 10.3 Å². The lowest BCUT2D eigenvalue weighted by atomic mass is 10.1. The van der Waals surface area contributed by atoms with Crippen LogP contribution in [-0.4, -0.2) is 15.5 Å². The maximum atomic E-state index is 13.9. The number of benzene rings is 2. The fourth-order valence-electron chi connectivity index (χ4n) is 2.75. The zero-order chi connectivity index (χ0) is 19.4. The van der Waals surface area contributed by atoms with Gasteiger partial charge in [-0.3, -0.25) is 14.2 Å². The van der Waals surface area contributed by atoms with Crippen molar-refractivity contribution < 1.29 is 9.18 Å². The third-order valence-electron chi connectivity index (χ3n) is 4.24. The number of hydrogen-bond donors (Lipinski definition) is 2. The maximum Gasteiger partial charge on any atom is 0.328 e. The Morgan fingerprint density at radius 3 is 2.44 bits per heavy atom. The minimum absolute atomic E-state index is 0.180. The van der Waals surface area contributed by atoms with E-state index in [1.165, 1.54) is 18.2 Å². The highest BCUT2D eigenvalue weighted by Gasteiger charge is 2.16. The van der Waals surface area contributed by atoms with Crippen molar-refractivity contribution >= 4 is 11.6 Å². The van der Waals surface area contributed by atoms with Gasteiger partial charge in [-0.25, -0.2) is 9.18 Å². The number of nitrogens with zero attached hydrogens (tertiary/aromatic N) is 1. The van der Waals surface area contributed by atoms with Gasteiger partial charge >= 0.3 is 5.69 Å². The highest BCUT2D eigenvalue weighted by Crippen LogP contribution is 2.16. The second-order valence-corrected chi connectivity index (χ2v) is 5.96. The Kier molecular flexibility index (Phi) is 5.30. The van der Waals surface area contributed by atoms with Gasteiger partial charge in [-0.1, -0.05) is 43.3 Å². The van der Waals surface area contributed by atoms with Gasteiger partial charge < -0.3 is 10.3 Å². The predicted molar refractivity (Wildman–Crippen MR) is 101 cm³/mol. The number of aryl methyl sites for hydroxylation is 1. The van der Waals surface area contributed by atoms with E-state index in [0.29, 0.717) is 12.1 Å². The van der Waals surface area contributed by atoms with E-state index >= 15 is 0 Å². The van der Waals surface area contributed by atoms with E-state index in [4.69, 9.17) is 0 Å². The summed E-state index contributed by atoms with van der Waals surface area (Å²) >= 11 is 0.